The second kappa shape index (κ2) is 12.0. The first-order valence-corrected chi connectivity index (χ1v) is 12.8. The highest BCUT2D eigenvalue weighted by molar-refractivity contribution is 5.94. The molecule has 1 fully saturated rings. The van der Waals surface area contributed by atoms with Crippen molar-refractivity contribution in [2.75, 3.05) is 38.2 Å². The maximum atomic E-state index is 13.1. The highest BCUT2D eigenvalue weighted by Gasteiger charge is 2.27. The second-order valence-corrected chi connectivity index (χ2v) is 9.95. The molecule has 1 amide bonds. The van der Waals surface area contributed by atoms with Crippen molar-refractivity contribution in [3.63, 3.8) is 0 Å². The van der Waals surface area contributed by atoms with Crippen LogP contribution in [-0.2, 0) is 0 Å². The van der Waals surface area contributed by atoms with E-state index in [4.69, 9.17) is 9.47 Å². The summed E-state index contributed by atoms with van der Waals surface area (Å²) in [4.78, 5) is 17.8. The number of phenols is 1. The van der Waals surface area contributed by atoms with E-state index in [-0.39, 0.29) is 17.7 Å². The first-order chi connectivity index (χ1) is 17.8. The Morgan fingerprint density at radius 1 is 1.00 bits per heavy atom. The lowest BCUT2D eigenvalue weighted by Gasteiger charge is -2.42. The minimum atomic E-state index is -0.0851. The molecule has 4 rings (SSSR count). The molecule has 0 saturated carbocycles. The van der Waals surface area contributed by atoms with Crippen LogP contribution in [0.2, 0.25) is 0 Å². The number of benzene rings is 3. The average molecular weight is 504 g/mol. The van der Waals surface area contributed by atoms with E-state index in [0.29, 0.717) is 29.0 Å². The van der Waals surface area contributed by atoms with Crippen LogP contribution in [0.4, 0.5) is 5.69 Å². The average Bonchev–Trinajstić information content (AvgIpc) is 2.89. The Kier molecular flexibility index (Phi) is 8.56. The summed E-state index contributed by atoms with van der Waals surface area (Å²) in [6, 6.07) is 22.4. The Bertz CT molecular complexity index is 1180. The number of piperazine rings is 1. The van der Waals surface area contributed by atoms with Crippen LogP contribution < -0.4 is 19.7 Å². The second-order valence-electron chi connectivity index (χ2n) is 9.95. The number of nitrogens with one attached hydrogen (secondary N) is 1. The van der Waals surface area contributed by atoms with Crippen molar-refractivity contribution in [2.45, 2.75) is 32.9 Å². The normalized spacial score (nSPS) is 16.9. The largest absolute Gasteiger partial charge is 0.508 e. The zero-order valence-electron chi connectivity index (χ0n) is 22.1. The van der Waals surface area contributed by atoms with Gasteiger partial charge >= 0.3 is 0 Å². The molecule has 0 bridgehead atoms. The number of amides is 1. The first-order valence-electron chi connectivity index (χ1n) is 12.8. The quantitative estimate of drug-likeness (QED) is 0.420. The van der Waals surface area contributed by atoms with Gasteiger partial charge in [0.05, 0.1) is 7.11 Å². The number of nitrogens with zero attached hydrogens (tertiary/aromatic N) is 2. The monoisotopic (exact) mass is 503 g/mol. The molecule has 7 nitrogen and oxygen atoms in total. The molecule has 1 saturated heterocycles. The molecule has 1 aliphatic heterocycles. The summed E-state index contributed by atoms with van der Waals surface area (Å²) in [6.45, 7) is 9.94. The fourth-order valence-corrected chi connectivity index (χ4v) is 4.68. The fourth-order valence-electron chi connectivity index (χ4n) is 4.68. The topological polar surface area (TPSA) is 74.3 Å². The van der Waals surface area contributed by atoms with Gasteiger partial charge in [-0.1, -0.05) is 26.0 Å². The lowest BCUT2D eigenvalue weighted by molar-refractivity contribution is 0.0903. The van der Waals surface area contributed by atoms with Crippen LogP contribution in [0.1, 0.15) is 31.1 Å². The number of carbonyl (C=O) groups excluding carboxylic acids is 1. The minimum absolute atomic E-state index is 0.0275. The van der Waals surface area contributed by atoms with E-state index < -0.39 is 0 Å². The van der Waals surface area contributed by atoms with E-state index >= 15 is 0 Å². The van der Waals surface area contributed by atoms with Crippen molar-refractivity contribution in [3.05, 3.63) is 78.4 Å². The summed E-state index contributed by atoms with van der Waals surface area (Å²) in [6.07, 6.45) is 0. The maximum Gasteiger partial charge on any atom is 0.251 e. The third-order valence-electron chi connectivity index (χ3n) is 6.84. The SMILES string of the molecule is COc1cccc(Oc2ccc(C(=O)N[C@H](CN3CCN(c4cccc(O)c4)[C@@H](C)C3)C(C)C)cc2)c1. The van der Waals surface area contributed by atoms with Crippen molar-refractivity contribution in [1.29, 1.82) is 0 Å². The van der Waals surface area contributed by atoms with Crippen LogP contribution in [0.3, 0.4) is 0 Å². The van der Waals surface area contributed by atoms with Crippen LogP contribution in [0, 0.1) is 5.92 Å². The van der Waals surface area contributed by atoms with Crippen molar-refractivity contribution in [3.8, 4) is 23.0 Å². The van der Waals surface area contributed by atoms with E-state index in [1.54, 1.807) is 37.4 Å². The highest BCUT2D eigenvalue weighted by Crippen LogP contribution is 2.26. The number of aromatic hydroxyl groups is 1. The Morgan fingerprint density at radius 2 is 1.73 bits per heavy atom. The van der Waals surface area contributed by atoms with Gasteiger partial charge in [-0.05, 0) is 61.4 Å². The highest BCUT2D eigenvalue weighted by atomic mass is 16.5. The lowest BCUT2D eigenvalue weighted by atomic mass is 10.0. The molecule has 37 heavy (non-hydrogen) atoms. The number of methoxy groups -OCH3 is 1. The summed E-state index contributed by atoms with van der Waals surface area (Å²) in [5.41, 5.74) is 1.64. The van der Waals surface area contributed by atoms with Gasteiger partial charge in [0.1, 0.15) is 23.0 Å². The van der Waals surface area contributed by atoms with Crippen LogP contribution >= 0.6 is 0 Å². The van der Waals surface area contributed by atoms with Gasteiger partial charge in [0.15, 0.2) is 0 Å². The number of hydrogen-bond donors (Lipinski definition) is 2. The van der Waals surface area contributed by atoms with E-state index in [0.717, 1.165) is 37.6 Å². The molecule has 0 aromatic heterocycles. The molecule has 1 heterocycles. The standard InChI is InChI=1S/C30H37N3O4/c1-21(2)29(20-32-15-16-33(22(3)19-32)24-7-5-8-25(34)17-24)31-30(35)23-11-13-26(14-12-23)37-28-10-6-9-27(18-28)36-4/h5-14,17-18,21-22,29,34H,15-16,19-20H2,1-4H3,(H,31,35)/t22-,29+/m0/s1. The van der Waals surface area contributed by atoms with E-state index in [9.17, 15) is 9.90 Å². The van der Waals surface area contributed by atoms with Gasteiger partial charge in [-0.2, -0.15) is 0 Å². The molecule has 7 heteroatoms. The van der Waals surface area contributed by atoms with Gasteiger partial charge in [-0.3, -0.25) is 9.69 Å². The van der Waals surface area contributed by atoms with Gasteiger partial charge in [0.25, 0.3) is 5.91 Å². The summed E-state index contributed by atoms with van der Waals surface area (Å²) in [5.74, 6) is 2.55. The van der Waals surface area contributed by atoms with Crippen molar-refractivity contribution in [2.24, 2.45) is 5.92 Å². The number of ether oxygens (including phenoxy) is 2. The summed E-state index contributed by atoms with van der Waals surface area (Å²) in [7, 11) is 1.62. The zero-order chi connectivity index (χ0) is 26.4. The molecule has 0 aliphatic carbocycles. The molecular formula is C30H37N3O4. The Balaban J connectivity index is 1.33. The van der Waals surface area contributed by atoms with E-state index in [1.807, 2.05) is 42.5 Å². The number of rotatable bonds is 9. The Morgan fingerprint density at radius 3 is 2.41 bits per heavy atom. The Hall–Kier alpha value is -3.71. The van der Waals surface area contributed by atoms with Crippen molar-refractivity contribution < 1.29 is 19.4 Å². The van der Waals surface area contributed by atoms with Gasteiger partial charge < -0.3 is 24.8 Å². The van der Waals surface area contributed by atoms with E-state index in [2.05, 4.69) is 35.9 Å². The number of carbonyl (C=O) groups is 1. The van der Waals surface area contributed by atoms with Crippen LogP contribution in [0.5, 0.6) is 23.0 Å². The van der Waals surface area contributed by atoms with Gasteiger partial charge in [0, 0.05) is 61.6 Å². The molecule has 0 spiro atoms. The van der Waals surface area contributed by atoms with Crippen LogP contribution in [0.25, 0.3) is 0 Å². The molecular weight excluding hydrogens is 466 g/mol. The smallest absolute Gasteiger partial charge is 0.251 e. The zero-order valence-corrected chi connectivity index (χ0v) is 22.1. The molecule has 1 aliphatic rings. The molecule has 2 N–H and O–H groups in total. The molecule has 0 radical (unpaired) electrons. The summed E-state index contributed by atoms with van der Waals surface area (Å²) < 4.78 is 11.1. The number of phenolic OH excluding ortho intramolecular Hbond substituents is 1. The first kappa shape index (κ1) is 26.4. The van der Waals surface area contributed by atoms with Crippen LogP contribution in [0.15, 0.2) is 72.8 Å². The molecule has 3 aromatic rings. The third-order valence-corrected chi connectivity index (χ3v) is 6.84. The van der Waals surface area contributed by atoms with Gasteiger partial charge in [0.2, 0.25) is 0 Å². The van der Waals surface area contributed by atoms with E-state index in [1.165, 1.54) is 0 Å². The fraction of sp³-hybridized carbons (Fsp3) is 0.367. The predicted octanol–water partition coefficient (Wildman–Crippen LogP) is 5.16. The summed E-state index contributed by atoms with van der Waals surface area (Å²) in [5, 5.41) is 13.1. The molecule has 196 valence electrons. The minimum Gasteiger partial charge on any atom is -0.508 e. The number of hydrogen-bond acceptors (Lipinski definition) is 6. The Labute approximate surface area is 219 Å². The predicted molar refractivity (Wildman–Crippen MR) is 147 cm³/mol. The van der Waals surface area contributed by atoms with Crippen LogP contribution in [-0.4, -0.2) is 61.3 Å². The lowest BCUT2D eigenvalue weighted by Crippen LogP contribution is -2.56. The molecule has 2 atom stereocenters. The third kappa shape index (κ3) is 6.95. The molecule has 3 aromatic carbocycles. The molecule has 0 unspecified atom stereocenters. The number of anilines is 1. The summed E-state index contributed by atoms with van der Waals surface area (Å²) >= 11 is 0. The van der Waals surface area contributed by atoms with Crippen molar-refractivity contribution in [1.82, 2.24) is 10.2 Å². The van der Waals surface area contributed by atoms with Gasteiger partial charge in [-0.15, -0.1) is 0 Å². The van der Waals surface area contributed by atoms with Gasteiger partial charge in [-0.25, -0.2) is 0 Å². The van der Waals surface area contributed by atoms with Crippen molar-refractivity contribution >= 4 is 11.6 Å². The maximum absolute atomic E-state index is 13.1.